The number of likely N-dealkylation sites (N-methyl/N-ethyl adjacent to an activating group) is 1. The summed E-state index contributed by atoms with van der Waals surface area (Å²) in [6.07, 6.45) is 0. The molecule has 1 N–H and O–H groups in total. The Morgan fingerprint density at radius 3 is 2.79 bits per heavy atom. The highest BCUT2D eigenvalue weighted by Gasteiger charge is 2.00. The van der Waals surface area contributed by atoms with Crippen LogP contribution in [0.4, 0.5) is 0 Å². The number of hydrogen-bond donors (Lipinski definition) is 1. The molecule has 2 nitrogen and oxygen atoms in total. The maximum absolute atomic E-state index is 5.56. The third kappa shape index (κ3) is 3.98. The Bertz CT molecular complexity index is 291. The molecule has 0 unspecified atom stereocenters. The van der Waals surface area contributed by atoms with E-state index in [0.29, 0.717) is 6.61 Å². The Labute approximate surface area is 101 Å². The molecule has 0 bridgehead atoms. The lowest BCUT2D eigenvalue weighted by Gasteiger charge is -2.08. The van der Waals surface area contributed by atoms with Crippen LogP contribution in [0.1, 0.15) is 6.92 Å². The highest BCUT2D eigenvalue weighted by Crippen LogP contribution is 2.27. The molecule has 0 spiro atoms. The summed E-state index contributed by atoms with van der Waals surface area (Å²) in [6, 6.07) is 5.88. The van der Waals surface area contributed by atoms with Crippen LogP contribution in [-0.4, -0.2) is 19.7 Å². The van der Waals surface area contributed by atoms with Crippen LogP contribution < -0.4 is 10.1 Å². The molecule has 0 heterocycles. The summed E-state index contributed by atoms with van der Waals surface area (Å²) in [5.74, 6) is 0.881. The van der Waals surface area contributed by atoms with Gasteiger partial charge in [-0.05, 0) is 40.7 Å². The van der Waals surface area contributed by atoms with E-state index in [0.717, 1.165) is 27.8 Å². The van der Waals surface area contributed by atoms with Gasteiger partial charge in [-0.1, -0.05) is 22.9 Å². The van der Waals surface area contributed by atoms with E-state index >= 15 is 0 Å². The minimum atomic E-state index is 0.689. The van der Waals surface area contributed by atoms with Gasteiger partial charge in [0.05, 0.1) is 4.47 Å². The number of nitrogens with one attached hydrogen (secondary N) is 1. The highest BCUT2D eigenvalue weighted by molar-refractivity contribution is 9.11. The highest BCUT2D eigenvalue weighted by atomic mass is 79.9. The fourth-order valence-electron chi connectivity index (χ4n) is 1.00. The Morgan fingerprint density at radius 1 is 1.36 bits per heavy atom. The van der Waals surface area contributed by atoms with Crippen molar-refractivity contribution in [2.75, 3.05) is 19.7 Å². The molecule has 0 aliphatic heterocycles. The summed E-state index contributed by atoms with van der Waals surface area (Å²) in [6.45, 7) is 4.62. The molecule has 0 saturated heterocycles. The second kappa shape index (κ2) is 6.43. The quantitative estimate of drug-likeness (QED) is 0.841. The van der Waals surface area contributed by atoms with Crippen LogP contribution in [0, 0.1) is 0 Å². The van der Waals surface area contributed by atoms with Crippen LogP contribution in [-0.2, 0) is 0 Å². The van der Waals surface area contributed by atoms with Gasteiger partial charge in [-0.25, -0.2) is 0 Å². The van der Waals surface area contributed by atoms with Gasteiger partial charge in [-0.2, -0.15) is 0 Å². The smallest absolute Gasteiger partial charge is 0.133 e. The van der Waals surface area contributed by atoms with Gasteiger partial charge in [0.2, 0.25) is 0 Å². The Hall–Kier alpha value is -0.0600. The molecule has 78 valence electrons. The van der Waals surface area contributed by atoms with Crippen LogP contribution in [0.25, 0.3) is 0 Å². The molecule has 0 aromatic heterocycles. The van der Waals surface area contributed by atoms with Crippen LogP contribution in [0.15, 0.2) is 27.1 Å². The zero-order valence-corrected chi connectivity index (χ0v) is 11.2. The van der Waals surface area contributed by atoms with Crippen molar-refractivity contribution in [3.05, 3.63) is 27.1 Å². The minimum absolute atomic E-state index is 0.689. The van der Waals surface area contributed by atoms with Crippen LogP contribution in [0.5, 0.6) is 5.75 Å². The second-order valence-corrected chi connectivity index (χ2v) is 4.55. The van der Waals surface area contributed by atoms with Crippen LogP contribution >= 0.6 is 31.9 Å². The monoisotopic (exact) mass is 321 g/mol. The van der Waals surface area contributed by atoms with E-state index in [1.165, 1.54) is 0 Å². The number of hydrogen-bond acceptors (Lipinski definition) is 2. The number of ether oxygens (including phenoxy) is 1. The van der Waals surface area contributed by atoms with Crippen molar-refractivity contribution in [3.8, 4) is 5.75 Å². The summed E-state index contributed by atoms with van der Waals surface area (Å²) < 4.78 is 7.58. The molecule has 0 atom stereocenters. The molecule has 0 fully saturated rings. The van der Waals surface area contributed by atoms with Gasteiger partial charge < -0.3 is 10.1 Å². The lowest BCUT2D eigenvalue weighted by molar-refractivity contribution is 0.313. The van der Waals surface area contributed by atoms with Crippen molar-refractivity contribution in [3.63, 3.8) is 0 Å². The maximum Gasteiger partial charge on any atom is 0.133 e. The van der Waals surface area contributed by atoms with Crippen molar-refractivity contribution in [1.29, 1.82) is 0 Å². The summed E-state index contributed by atoms with van der Waals surface area (Å²) in [5.41, 5.74) is 0. The van der Waals surface area contributed by atoms with Crippen molar-refractivity contribution in [2.24, 2.45) is 0 Å². The van der Waals surface area contributed by atoms with Crippen LogP contribution in [0.2, 0.25) is 0 Å². The first-order valence-corrected chi connectivity index (χ1v) is 6.11. The molecular weight excluding hydrogens is 310 g/mol. The molecule has 0 radical (unpaired) electrons. The van der Waals surface area contributed by atoms with E-state index in [-0.39, 0.29) is 0 Å². The van der Waals surface area contributed by atoms with Crippen molar-refractivity contribution < 1.29 is 4.74 Å². The standard InChI is InChI=1S/C10H13Br2NO/c1-2-13-5-6-14-10-4-3-8(11)7-9(10)12/h3-4,7,13H,2,5-6H2,1H3. The van der Waals surface area contributed by atoms with Crippen molar-refractivity contribution >= 4 is 31.9 Å². The molecular formula is C10H13Br2NO. The lowest BCUT2D eigenvalue weighted by atomic mass is 10.3. The Balaban J connectivity index is 2.42. The molecule has 0 saturated carbocycles. The summed E-state index contributed by atoms with van der Waals surface area (Å²) in [5, 5.41) is 3.20. The zero-order chi connectivity index (χ0) is 10.4. The normalized spacial score (nSPS) is 10.2. The fraction of sp³-hybridized carbons (Fsp3) is 0.400. The number of benzene rings is 1. The van der Waals surface area contributed by atoms with Gasteiger partial charge in [-0.3, -0.25) is 0 Å². The minimum Gasteiger partial charge on any atom is -0.491 e. The van der Waals surface area contributed by atoms with Gasteiger partial charge in [0.25, 0.3) is 0 Å². The van der Waals surface area contributed by atoms with Gasteiger partial charge in [-0.15, -0.1) is 0 Å². The van der Waals surface area contributed by atoms with Gasteiger partial charge in [0.1, 0.15) is 12.4 Å². The summed E-state index contributed by atoms with van der Waals surface area (Å²) >= 11 is 6.83. The van der Waals surface area contributed by atoms with E-state index in [1.54, 1.807) is 0 Å². The molecule has 1 aromatic carbocycles. The molecule has 0 aliphatic rings. The third-order valence-corrected chi connectivity index (χ3v) is 2.79. The van der Waals surface area contributed by atoms with E-state index in [4.69, 9.17) is 4.74 Å². The van der Waals surface area contributed by atoms with Gasteiger partial charge in [0.15, 0.2) is 0 Å². The van der Waals surface area contributed by atoms with Crippen molar-refractivity contribution in [2.45, 2.75) is 6.92 Å². The first-order valence-electron chi connectivity index (χ1n) is 4.52. The van der Waals surface area contributed by atoms with Crippen molar-refractivity contribution in [1.82, 2.24) is 5.32 Å². The first-order chi connectivity index (χ1) is 6.74. The molecule has 1 rings (SSSR count). The molecule has 4 heteroatoms. The summed E-state index contributed by atoms with van der Waals surface area (Å²) in [4.78, 5) is 0. The van der Waals surface area contributed by atoms with Gasteiger partial charge in [0, 0.05) is 11.0 Å². The Morgan fingerprint density at radius 2 is 2.14 bits per heavy atom. The molecule has 0 aliphatic carbocycles. The largest absolute Gasteiger partial charge is 0.491 e. The number of halogens is 2. The average molecular weight is 323 g/mol. The maximum atomic E-state index is 5.56. The summed E-state index contributed by atoms with van der Waals surface area (Å²) in [7, 11) is 0. The second-order valence-electron chi connectivity index (χ2n) is 2.78. The van der Waals surface area contributed by atoms with E-state index in [9.17, 15) is 0 Å². The number of rotatable bonds is 5. The third-order valence-electron chi connectivity index (χ3n) is 1.68. The fourth-order valence-corrected chi connectivity index (χ4v) is 2.16. The topological polar surface area (TPSA) is 21.3 Å². The van der Waals surface area contributed by atoms with Gasteiger partial charge >= 0.3 is 0 Å². The van der Waals surface area contributed by atoms with E-state index in [2.05, 4.69) is 44.1 Å². The lowest BCUT2D eigenvalue weighted by Crippen LogP contribution is -2.20. The molecule has 14 heavy (non-hydrogen) atoms. The SMILES string of the molecule is CCNCCOc1ccc(Br)cc1Br. The molecule has 0 amide bonds. The predicted molar refractivity (Wildman–Crippen MR) is 65.9 cm³/mol. The van der Waals surface area contributed by atoms with Crippen LogP contribution in [0.3, 0.4) is 0 Å². The predicted octanol–water partition coefficient (Wildman–Crippen LogP) is 3.20. The average Bonchev–Trinajstić information content (AvgIpc) is 2.15. The Kier molecular flexibility index (Phi) is 5.52. The zero-order valence-electron chi connectivity index (χ0n) is 8.02. The molecule has 1 aromatic rings. The first kappa shape index (κ1) is 12.0. The van der Waals surface area contributed by atoms with E-state index in [1.807, 2.05) is 18.2 Å². The van der Waals surface area contributed by atoms with E-state index < -0.39 is 0 Å².